The van der Waals surface area contributed by atoms with Crippen LogP contribution >= 0.6 is 0 Å². The molecule has 0 spiro atoms. The lowest BCUT2D eigenvalue weighted by Crippen LogP contribution is -2.55. The van der Waals surface area contributed by atoms with Crippen LogP contribution in [0.25, 0.3) is 0 Å². The van der Waals surface area contributed by atoms with Crippen molar-refractivity contribution in [1.29, 1.82) is 0 Å². The zero-order valence-electron chi connectivity index (χ0n) is 9.34. The second-order valence-corrected chi connectivity index (χ2v) is 5.58. The van der Waals surface area contributed by atoms with Crippen LogP contribution in [0.1, 0.15) is 19.8 Å². The third-order valence-electron chi connectivity index (χ3n) is 2.53. The maximum Gasteiger partial charge on any atom is 0.402 e. The normalized spacial score (nSPS) is 27.1. The van der Waals surface area contributed by atoms with Crippen molar-refractivity contribution in [2.45, 2.75) is 38.0 Å². The molecule has 0 aromatic rings. The Morgan fingerprint density at radius 2 is 2.06 bits per heavy atom. The van der Waals surface area contributed by atoms with E-state index in [4.69, 9.17) is 0 Å². The Morgan fingerprint density at radius 1 is 1.41 bits per heavy atom. The Labute approximate surface area is 98.3 Å². The van der Waals surface area contributed by atoms with E-state index >= 15 is 0 Å². The first kappa shape index (κ1) is 14.7. The van der Waals surface area contributed by atoms with Gasteiger partial charge in [0.05, 0.1) is 0 Å². The first-order chi connectivity index (χ1) is 7.70. The van der Waals surface area contributed by atoms with Crippen LogP contribution in [-0.4, -0.2) is 39.8 Å². The van der Waals surface area contributed by atoms with Gasteiger partial charge in [-0.2, -0.15) is 31.0 Å². The molecule has 1 heterocycles. The van der Waals surface area contributed by atoms with E-state index in [1.54, 1.807) is 6.92 Å². The highest BCUT2D eigenvalue weighted by Gasteiger charge is 2.31. The van der Waals surface area contributed by atoms with Crippen molar-refractivity contribution >= 4 is 10.2 Å². The van der Waals surface area contributed by atoms with Crippen molar-refractivity contribution in [3.63, 3.8) is 0 Å². The molecular formula is C8H16F3N3O2S. The second-order valence-electron chi connectivity index (χ2n) is 4.05. The Bertz CT molecular complexity index is 344. The molecule has 0 saturated carbocycles. The minimum absolute atomic E-state index is 0.0915. The Kier molecular flexibility index (Phi) is 4.76. The van der Waals surface area contributed by atoms with Crippen LogP contribution in [-0.2, 0) is 10.2 Å². The molecule has 0 bridgehead atoms. The maximum atomic E-state index is 11.9. The fourth-order valence-corrected chi connectivity index (χ4v) is 2.78. The summed E-state index contributed by atoms with van der Waals surface area (Å²) in [6.45, 7) is 1.02. The molecule has 1 rings (SSSR count). The molecule has 0 amide bonds. The molecule has 1 saturated heterocycles. The molecule has 5 nitrogen and oxygen atoms in total. The monoisotopic (exact) mass is 275 g/mol. The molecule has 3 N–H and O–H groups in total. The summed E-state index contributed by atoms with van der Waals surface area (Å²) in [5.41, 5.74) is 0. The number of halogens is 3. The number of nitrogens with one attached hydrogen (secondary N) is 3. The van der Waals surface area contributed by atoms with E-state index < -0.39 is 22.9 Å². The predicted octanol–water partition coefficient (Wildman–Crippen LogP) is 0.113. The number of alkyl halides is 3. The fourth-order valence-electron chi connectivity index (χ4n) is 1.62. The van der Waals surface area contributed by atoms with Gasteiger partial charge in [-0.1, -0.05) is 0 Å². The molecule has 17 heavy (non-hydrogen) atoms. The van der Waals surface area contributed by atoms with Crippen molar-refractivity contribution in [3.8, 4) is 0 Å². The molecule has 0 aliphatic carbocycles. The zero-order valence-corrected chi connectivity index (χ0v) is 10.2. The van der Waals surface area contributed by atoms with E-state index in [2.05, 4.69) is 10.0 Å². The molecule has 0 aromatic heterocycles. The molecule has 1 aliphatic heterocycles. The van der Waals surface area contributed by atoms with Gasteiger partial charge >= 0.3 is 6.18 Å². The zero-order chi connectivity index (χ0) is 13.1. The van der Waals surface area contributed by atoms with E-state index in [0.29, 0.717) is 6.42 Å². The Balaban J connectivity index is 2.48. The van der Waals surface area contributed by atoms with E-state index in [-0.39, 0.29) is 12.1 Å². The third-order valence-corrected chi connectivity index (χ3v) is 3.67. The largest absolute Gasteiger partial charge is 0.402 e. The molecule has 0 aromatic carbocycles. The number of rotatable bonds is 4. The molecular weight excluding hydrogens is 259 g/mol. The molecule has 2 atom stereocenters. The van der Waals surface area contributed by atoms with Gasteiger partial charge in [0, 0.05) is 12.1 Å². The summed E-state index contributed by atoms with van der Waals surface area (Å²) in [6, 6.07) is -0.472. The predicted molar refractivity (Wildman–Crippen MR) is 56.6 cm³/mol. The van der Waals surface area contributed by atoms with Gasteiger partial charge in [-0.15, -0.1) is 0 Å². The number of hydrogen-bond donors (Lipinski definition) is 3. The van der Waals surface area contributed by atoms with E-state index in [0.717, 1.165) is 13.0 Å². The van der Waals surface area contributed by atoms with E-state index in [9.17, 15) is 21.6 Å². The quantitative estimate of drug-likeness (QED) is 0.682. The van der Waals surface area contributed by atoms with Gasteiger partial charge in [0.1, 0.15) is 6.54 Å². The van der Waals surface area contributed by atoms with Crippen LogP contribution in [0.4, 0.5) is 13.2 Å². The Hall–Kier alpha value is -0.380. The minimum Gasteiger partial charge on any atom is -0.313 e. The summed E-state index contributed by atoms with van der Waals surface area (Å²) in [5.74, 6) is 0. The summed E-state index contributed by atoms with van der Waals surface area (Å²) in [5, 5.41) is 3.05. The molecule has 1 fully saturated rings. The van der Waals surface area contributed by atoms with Gasteiger partial charge in [0.2, 0.25) is 0 Å². The van der Waals surface area contributed by atoms with Crippen LogP contribution in [0.3, 0.4) is 0 Å². The van der Waals surface area contributed by atoms with Crippen molar-refractivity contribution in [1.82, 2.24) is 14.8 Å². The first-order valence-corrected chi connectivity index (χ1v) is 6.75. The molecule has 9 heteroatoms. The van der Waals surface area contributed by atoms with Gasteiger partial charge in [-0.3, -0.25) is 0 Å². The minimum atomic E-state index is -4.55. The fraction of sp³-hybridized carbons (Fsp3) is 1.00. The topological polar surface area (TPSA) is 70.2 Å². The van der Waals surface area contributed by atoms with Gasteiger partial charge in [-0.25, -0.2) is 0 Å². The summed E-state index contributed by atoms with van der Waals surface area (Å²) in [7, 11) is -4.11. The average Bonchev–Trinajstić information content (AvgIpc) is 2.18. The Morgan fingerprint density at radius 3 is 2.59 bits per heavy atom. The SMILES string of the molecule is CC1NCCCC1NS(=O)(=O)NCC(F)(F)F. The molecule has 1 aliphatic rings. The van der Waals surface area contributed by atoms with Crippen molar-refractivity contribution in [2.24, 2.45) is 0 Å². The molecule has 0 radical (unpaired) electrons. The highest BCUT2D eigenvalue weighted by Crippen LogP contribution is 2.13. The summed E-state index contributed by atoms with van der Waals surface area (Å²) < 4.78 is 62.0. The van der Waals surface area contributed by atoms with Crippen LogP contribution in [0.2, 0.25) is 0 Å². The van der Waals surface area contributed by atoms with Gasteiger partial charge in [-0.05, 0) is 26.3 Å². The lowest BCUT2D eigenvalue weighted by atomic mass is 10.0. The lowest BCUT2D eigenvalue weighted by Gasteiger charge is -2.30. The van der Waals surface area contributed by atoms with Crippen molar-refractivity contribution < 1.29 is 21.6 Å². The van der Waals surface area contributed by atoms with E-state index in [1.165, 1.54) is 4.72 Å². The van der Waals surface area contributed by atoms with Crippen LogP contribution < -0.4 is 14.8 Å². The number of hydrogen-bond acceptors (Lipinski definition) is 3. The third kappa shape index (κ3) is 5.66. The second kappa shape index (κ2) is 5.51. The highest BCUT2D eigenvalue weighted by atomic mass is 32.2. The molecule has 102 valence electrons. The van der Waals surface area contributed by atoms with Crippen LogP contribution in [0.15, 0.2) is 0 Å². The smallest absolute Gasteiger partial charge is 0.313 e. The van der Waals surface area contributed by atoms with Crippen molar-refractivity contribution in [2.75, 3.05) is 13.1 Å². The highest BCUT2D eigenvalue weighted by molar-refractivity contribution is 7.87. The maximum absolute atomic E-state index is 11.9. The van der Waals surface area contributed by atoms with Gasteiger partial charge < -0.3 is 5.32 Å². The average molecular weight is 275 g/mol. The summed E-state index contributed by atoms with van der Waals surface area (Å²) in [4.78, 5) is 0. The van der Waals surface area contributed by atoms with Crippen LogP contribution in [0.5, 0.6) is 0 Å². The number of piperidine rings is 1. The van der Waals surface area contributed by atoms with E-state index in [1.807, 2.05) is 0 Å². The van der Waals surface area contributed by atoms with Gasteiger partial charge in [0.25, 0.3) is 10.2 Å². The van der Waals surface area contributed by atoms with Crippen LogP contribution in [0, 0.1) is 0 Å². The summed E-state index contributed by atoms with van der Waals surface area (Å²) >= 11 is 0. The molecule has 2 unspecified atom stereocenters. The first-order valence-electron chi connectivity index (χ1n) is 5.27. The van der Waals surface area contributed by atoms with Gasteiger partial charge in [0.15, 0.2) is 0 Å². The summed E-state index contributed by atoms with van der Waals surface area (Å²) in [6.07, 6.45) is -3.15. The standard InChI is InChI=1S/C8H16F3N3O2S/c1-6-7(3-2-4-12-6)14-17(15,16)13-5-8(9,10)11/h6-7,12-14H,2-5H2,1H3. The van der Waals surface area contributed by atoms with Crippen molar-refractivity contribution in [3.05, 3.63) is 0 Å². The lowest BCUT2D eigenvalue weighted by molar-refractivity contribution is -0.121.